The molecule has 144 valence electrons. The van der Waals surface area contributed by atoms with E-state index in [2.05, 4.69) is 5.32 Å². The fourth-order valence-corrected chi connectivity index (χ4v) is 3.16. The van der Waals surface area contributed by atoms with Gasteiger partial charge in [0.25, 0.3) is 0 Å². The molecule has 2 aromatic rings. The summed E-state index contributed by atoms with van der Waals surface area (Å²) in [4.78, 5) is 13.9. The molecule has 0 radical (unpaired) electrons. The summed E-state index contributed by atoms with van der Waals surface area (Å²) >= 11 is 5.58. The van der Waals surface area contributed by atoms with E-state index in [1.807, 2.05) is 0 Å². The third kappa shape index (κ3) is 4.05. The number of halogens is 4. The van der Waals surface area contributed by atoms with Crippen LogP contribution in [0.15, 0.2) is 30.3 Å². The third-order valence-electron chi connectivity index (χ3n) is 4.32. The number of aromatic hydroxyl groups is 1. The summed E-state index contributed by atoms with van der Waals surface area (Å²) in [7, 11) is 1.45. The smallest absolute Gasteiger partial charge is 0.417 e. The van der Waals surface area contributed by atoms with Gasteiger partial charge in [0.2, 0.25) is 0 Å². The first-order chi connectivity index (χ1) is 12.7. The first-order valence-electron chi connectivity index (χ1n) is 8.00. The number of ether oxygens (including phenoxy) is 1. The average Bonchev–Trinajstić information content (AvgIpc) is 2.61. The molecule has 0 aromatic heterocycles. The van der Waals surface area contributed by atoms with Gasteiger partial charge in [-0.2, -0.15) is 13.2 Å². The van der Waals surface area contributed by atoms with Crippen molar-refractivity contribution in [2.75, 3.05) is 19.0 Å². The highest BCUT2D eigenvalue weighted by molar-refractivity contribution is 6.31. The molecule has 27 heavy (non-hydrogen) atoms. The van der Waals surface area contributed by atoms with Crippen molar-refractivity contribution in [1.82, 2.24) is 4.90 Å². The SMILES string of the molecule is COc1cc2c(cc1O)CN(C(=O)Nc1ccc(Cl)c(C(F)(F)F)c1)CC2. The molecule has 1 aliphatic rings. The number of hydrogen-bond acceptors (Lipinski definition) is 3. The highest BCUT2D eigenvalue weighted by Gasteiger charge is 2.33. The molecule has 1 aliphatic heterocycles. The van der Waals surface area contributed by atoms with Gasteiger partial charge in [-0.3, -0.25) is 0 Å². The largest absolute Gasteiger partial charge is 0.504 e. The van der Waals surface area contributed by atoms with Gasteiger partial charge in [0.15, 0.2) is 11.5 Å². The van der Waals surface area contributed by atoms with Crippen molar-refractivity contribution in [1.29, 1.82) is 0 Å². The lowest BCUT2D eigenvalue weighted by Gasteiger charge is -2.29. The number of fused-ring (bicyclic) bond motifs is 1. The maximum absolute atomic E-state index is 12.9. The van der Waals surface area contributed by atoms with Crippen molar-refractivity contribution in [3.05, 3.63) is 52.0 Å². The fourth-order valence-electron chi connectivity index (χ4n) is 2.93. The number of nitrogens with one attached hydrogen (secondary N) is 1. The summed E-state index contributed by atoms with van der Waals surface area (Å²) in [6, 6.07) is 5.91. The van der Waals surface area contributed by atoms with Gasteiger partial charge in [0, 0.05) is 18.8 Å². The van der Waals surface area contributed by atoms with E-state index in [1.54, 1.807) is 6.07 Å². The normalized spacial score (nSPS) is 13.9. The van der Waals surface area contributed by atoms with E-state index in [-0.39, 0.29) is 18.0 Å². The minimum absolute atomic E-state index is 0.0000927. The third-order valence-corrected chi connectivity index (χ3v) is 4.65. The molecular weight excluding hydrogens is 385 g/mol. The minimum Gasteiger partial charge on any atom is -0.504 e. The van der Waals surface area contributed by atoms with Gasteiger partial charge in [-0.25, -0.2) is 4.79 Å². The number of carbonyl (C=O) groups excluding carboxylic acids is 1. The van der Waals surface area contributed by atoms with Crippen LogP contribution in [0.3, 0.4) is 0 Å². The van der Waals surface area contributed by atoms with Gasteiger partial charge in [0.1, 0.15) is 0 Å². The van der Waals surface area contributed by atoms with Crippen molar-refractivity contribution in [3.63, 3.8) is 0 Å². The number of benzene rings is 2. The zero-order valence-corrected chi connectivity index (χ0v) is 15.0. The molecule has 2 N–H and O–H groups in total. The summed E-state index contributed by atoms with van der Waals surface area (Å²) in [6.45, 7) is 0.602. The lowest BCUT2D eigenvalue weighted by molar-refractivity contribution is -0.137. The van der Waals surface area contributed by atoms with E-state index >= 15 is 0 Å². The molecule has 9 heteroatoms. The molecule has 1 heterocycles. The van der Waals surface area contributed by atoms with Crippen LogP contribution in [0.2, 0.25) is 5.02 Å². The molecule has 5 nitrogen and oxygen atoms in total. The first kappa shape index (κ1) is 19.2. The van der Waals surface area contributed by atoms with Crippen LogP contribution in [0, 0.1) is 0 Å². The number of alkyl halides is 3. The summed E-state index contributed by atoms with van der Waals surface area (Å²) in [6.07, 6.45) is -4.08. The van der Waals surface area contributed by atoms with E-state index < -0.39 is 22.8 Å². The number of phenolic OH excluding ortho intramolecular Hbond substituents is 1. The molecule has 2 amide bonds. The highest BCUT2D eigenvalue weighted by Crippen LogP contribution is 2.36. The maximum Gasteiger partial charge on any atom is 0.417 e. The van der Waals surface area contributed by atoms with Crippen molar-refractivity contribution in [3.8, 4) is 11.5 Å². The molecule has 0 unspecified atom stereocenters. The van der Waals surface area contributed by atoms with E-state index in [4.69, 9.17) is 16.3 Å². The van der Waals surface area contributed by atoms with Crippen LogP contribution >= 0.6 is 11.6 Å². The average molecular weight is 401 g/mol. The quantitative estimate of drug-likeness (QED) is 0.770. The summed E-state index contributed by atoms with van der Waals surface area (Å²) < 4.78 is 43.9. The Morgan fingerprint density at radius 3 is 2.67 bits per heavy atom. The molecule has 3 rings (SSSR count). The van der Waals surface area contributed by atoms with Gasteiger partial charge in [-0.15, -0.1) is 0 Å². The van der Waals surface area contributed by atoms with Crippen LogP contribution < -0.4 is 10.1 Å². The number of nitrogens with zero attached hydrogens (tertiary/aromatic N) is 1. The van der Waals surface area contributed by atoms with Crippen molar-refractivity contribution >= 4 is 23.3 Å². The molecule has 2 aromatic carbocycles. The Labute approximate surface area is 158 Å². The predicted octanol–water partition coefficient (Wildman–Crippen LogP) is 4.66. The van der Waals surface area contributed by atoms with Crippen LogP contribution in [0.25, 0.3) is 0 Å². The lowest BCUT2D eigenvalue weighted by Crippen LogP contribution is -2.38. The summed E-state index contributed by atoms with van der Waals surface area (Å²) in [5.41, 5.74) is 0.685. The number of phenols is 1. The highest BCUT2D eigenvalue weighted by atomic mass is 35.5. The van der Waals surface area contributed by atoms with E-state index in [9.17, 15) is 23.1 Å². The number of amides is 2. The Kier molecular flexibility index (Phi) is 5.10. The molecule has 0 bridgehead atoms. The Bertz CT molecular complexity index is 887. The van der Waals surface area contributed by atoms with E-state index in [0.717, 1.165) is 23.3 Å². The lowest BCUT2D eigenvalue weighted by atomic mass is 9.99. The number of hydrogen-bond donors (Lipinski definition) is 2. The molecule has 0 saturated carbocycles. The molecule has 0 spiro atoms. The van der Waals surface area contributed by atoms with Crippen molar-refractivity contribution in [2.45, 2.75) is 19.1 Å². The Morgan fingerprint density at radius 2 is 2.00 bits per heavy atom. The summed E-state index contributed by atoms with van der Waals surface area (Å²) in [5.74, 6) is 0.318. The number of methoxy groups -OCH3 is 1. The summed E-state index contributed by atoms with van der Waals surface area (Å²) in [5, 5.41) is 11.9. The molecular formula is C18H16ClF3N2O3. The van der Waals surface area contributed by atoms with Crippen molar-refractivity contribution < 1.29 is 27.8 Å². The fraction of sp³-hybridized carbons (Fsp3) is 0.278. The van der Waals surface area contributed by atoms with Crippen LogP contribution in [0.5, 0.6) is 11.5 Å². The van der Waals surface area contributed by atoms with Crippen LogP contribution in [-0.4, -0.2) is 29.7 Å². The molecule has 0 atom stereocenters. The maximum atomic E-state index is 12.9. The van der Waals surface area contributed by atoms with Crippen molar-refractivity contribution in [2.24, 2.45) is 0 Å². The van der Waals surface area contributed by atoms with Gasteiger partial charge < -0.3 is 20.1 Å². The first-order valence-corrected chi connectivity index (χ1v) is 8.38. The Hall–Kier alpha value is -2.61. The van der Waals surface area contributed by atoms with Gasteiger partial charge in [-0.05, 0) is 47.9 Å². The Balaban J connectivity index is 1.76. The monoisotopic (exact) mass is 400 g/mol. The van der Waals surface area contributed by atoms with Crippen LogP contribution in [0.4, 0.5) is 23.7 Å². The number of carbonyl (C=O) groups is 1. The topological polar surface area (TPSA) is 61.8 Å². The van der Waals surface area contributed by atoms with E-state index in [0.29, 0.717) is 18.7 Å². The van der Waals surface area contributed by atoms with Crippen LogP contribution in [-0.2, 0) is 19.1 Å². The van der Waals surface area contributed by atoms with Gasteiger partial charge in [-0.1, -0.05) is 11.6 Å². The molecule has 0 saturated heterocycles. The zero-order valence-electron chi connectivity index (χ0n) is 14.2. The number of urea groups is 1. The minimum atomic E-state index is -4.61. The molecule has 0 fully saturated rings. The van der Waals surface area contributed by atoms with Gasteiger partial charge in [0.05, 0.1) is 17.7 Å². The Morgan fingerprint density at radius 1 is 1.26 bits per heavy atom. The van der Waals surface area contributed by atoms with E-state index in [1.165, 1.54) is 24.1 Å². The van der Waals surface area contributed by atoms with Crippen LogP contribution in [0.1, 0.15) is 16.7 Å². The standard InChI is InChI=1S/C18H16ClF3N2O3/c1-27-16-7-10-4-5-24(9-11(10)6-15(16)25)17(26)23-12-2-3-14(19)13(8-12)18(20,21)22/h2-3,6-8,25H,4-5,9H2,1H3,(H,23,26). The number of rotatable bonds is 2. The predicted molar refractivity (Wildman–Crippen MR) is 94.2 cm³/mol. The zero-order chi connectivity index (χ0) is 19.8. The second kappa shape index (κ2) is 7.19. The second-order valence-corrected chi connectivity index (χ2v) is 6.49. The second-order valence-electron chi connectivity index (χ2n) is 6.09. The number of anilines is 1. The van der Waals surface area contributed by atoms with Gasteiger partial charge >= 0.3 is 12.2 Å². The molecule has 0 aliphatic carbocycles.